The van der Waals surface area contributed by atoms with E-state index in [-0.39, 0.29) is 18.0 Å². The Morgan fingerprint density at radius 1 is 1.03 bits per heavy atom. The predicted octanol–water partition coefficient (Wildman–Crippen LogP) is 6.47. The lowest BCUT2D eigenvalue weighted by Gasteiger charge is -2.42. The van der Waals surface area contributed by atoms with Crippen LogP contribution in [0.5, 0.6) is 11.5 Å². The summed E-state index contributed by atoms with van der Waals surface area (Å²) in [5.74, 6) is 0.950. The van der Waals surface area contributed by atoms with E-state index in [0.717, 1.165) is 16.9 Å². The van der Waals surface area contributed by atoms with E-state index in [1.165, 1.54) is 11.6 Å². The maximum Gasteiger partial charge on any atom is 0.331 e. The van der Waals surface area contributed by atoms with E-state index in [0.29, 0.717) is 38.2 Å². The van der Waals surface area contributed by atoms with E-state index in [9.17, 15) is 9.90 Å². The van der Waals surface area contributed by atoms with Crippen molar-refractivity contribution in [1.82, 2.24) is 0 Å². The number of carbonyl (C=O) groups is 1. The average molecular weight is 509 g/mol. The minimum Gasteiger partial charge on any atom is -0.459 e. The lowest BCUT2D eigenvalue weighted by Crippen LogP contribution is -2.47. The molecule has 1 aliphatic rings. The van der Waals surface area contributed by atoms with E-state index in [1.54, 1.807) is 13.2 Å². The molecule has 0 spiro atoms. The second-order valence-electron chi connectivity index (χ2n) is 10.3. The Kier molecular flexibility index (Phi) is 10.5. The number of aliphatic hydroxyl groups excluding tert-OH is 1. The molecule has 1 fully saturated rings. The van der Waals surface area contributed by atoms with Crippen LogP contribution >= 0.6 is 0 Å². The number of benzene rings is 2. The molecule has 6 heteroatoms. The van der Waals surface area contributed by atoms with Gasteiger partial charge in [0.15, 0.2) is 0 Å². The number of aliphatic hydroxyl groups is 1. The molecular weight excluding hydrogens is 468 g/mol. The Hall–Kier alpha value is -2.93. The van der Waals surface area contributed by atoms with Gasteiger partial charge in [0.1, 0.15) is 17.6 Å². The SMILES string of the molecule is COCc1ccc(Oc2ccc(/C=C/C(=O)O[C@@H]3CCC(O)C(C(C)(C)OCC=C(C)C)C3)cc2)cc1. The molecule has 6 nitrogen and oxygen atoms in total. The van der Waals surface area contributed by atoms with Gasteiger partial charge < -0.3 is 24.1 Å². The number of hydrogen-bond acceptors (Lipinski definition) is 6. The number of esters is 1. The normalized spacial score (nSPS) is 20.0. The van der Waals surface area contributed by atoms with Crippen LogP contribution < -0.4 is 4.74 Å². The van der Waals surface area contributed by atoms with Crippen LogP contribution in [-0.4, -0.2) is 42.6 Å². The zero-order chi connectivity index (χ0) is 26.8. The van der Waals surface area contributed by atoms with Crippen molar-refractivity contribution in [2.75, 3.05) is 13.7 Å². The second kappa shape index (κ2) is 13.6. The summed E-state index contributed by atoms with van der Waals surface area (Å²) in [6.45, 7) is 9.11. The molecule has 2 aromatic rings. The van der Waals surface area contributed by atoms with Crippen molar-refractivity contribution in [1.29, 1.82) is 0 Å². The highest BCUT2D eigenvalue weighted by molar-refractivity contribution is 5.87. The fraction of sp³-hybridized carbons (Fsp3) is 0.452. The number of allylic oxidation sites excluding steroid dienone is 1. The summed E-state index contributed by atoms with van der Waals surface area (Å²) < 4.78 is 22.8. The third-order valence-electron chi connectivity index (χ3n) is 6.65. The van der Waals surface area contributed by atoms with Crippen molar-refractivity contribution < 1.29 is 28.8 Å². The summed E-state index contributed by atoms with van der Waals surface area (Å²) in [6, 6.07) is 15.2. The molecule has 0 aromatic heterocycles. The van der Waals surface area contributed by atoms with E-state index in [1.807, 2.05) is 82.3 Å². The van der Waals surface area contributed by atoms with E-state index in [2.05, 4.69) is 0 Å². The highest BCUT2D eigenvalue weighted by atomic mass is 16.5. The van der Waals surface area contributed by atoms with Gasteiger partial charge in [0.25, 0.3) is 0 Å². The van der Waals surface area contributed by atoms with Crippen LogP contribution in [0.25, 0.3) is 6.08 Å². The first-order chi connectivity index (χ1) is 17.7. The summed E-state index contributed by atoms with van der Waals surface area (Å²) in [6.07, 6.45) is 6.27. The summed E-state index contributed by atoms with van der Waals surface area (Å²) in [7, 11) is 1.67. The Bertz CT molecular complexity index is 1050. The minimum atomic E-state index is -0.526. The van der Waals surface area contributed by atoms with Gasteiger partial charge in [-0.05, 0) is 88.4 Å². The maximum absolute atomic E-state index is 12.5. The topological polar surface area (TPSA) is 74.2 Å². The van der Waals surface area contributed by atoms with Gasteiger partial charge in [-0.3, -0.25) is 0 Å². The van der Waals surface area contributed by atoms with Gasteiger partial charge in [0.2, 0.25) is 0 Å². The summed E-state index contributed by atoms with van der Waals surface area (Å²) in [4.78, 5) is 12.5. The van der Waals surface area contributed by atoms with E-state index >= 15 is 0 Å². The molecule has 0 saturated heterocycles. The molecule has 37 heavy (non-hydrogen) atoms. The predicted molar refractivity (Wildman–Crippen MR) is 145 cm³/mol. The van der Waals surface area contributed by atoms with E-state index < -0.39 is 11.7 Å². The molecule has 2 unspecified atom stereocenters. The van der Waals surface area contributed by atoms with Crippen LogP contribution in [0.1, 0.15) is 58.1 Å². The smallest absolute Gasteiger partial charge is 0.331 e. The first-order valence-corrected chi connectivity index (χ1v) is 12.9. The van der Waals surface area contributed by atoms with Crippen LogP contribution in [0.2, 0.25) is 0 Å². The lowest BCUT2D eigenvalue weighted by molar-refractivity contribution is -0.155. The highest BCUT2D eigenvalue weighted by Gasteiger charge is 2.41. The zero-order valence-electron chi connectivity index (χ0n) is 22.6. The fourth-order valence-corrected chi connectivity index (χ4v) is 4.47. The van der Waals surface area contributed by atoms with Gasteiger partial charge in [0.05, 0.1) is 24.9 Å². The van der Waals surface area contributed by atoms with Gasteiger partial charge in [-0.2, -0.15) is 0 Å². The summed E-state index contributed by atoms with van der Waals surface area (Å²) in [5, 5.41) is 10.6. The average Bonchev–Trinajstić information content (AvgIpc) is 2.86. The fourth-order valence-electron chi connectivity index (χ4n) is 4.47. The summed E-state index contributed by atoms with van der Waals surface area (Å²) >= 11 is 0. The Balaban J connectivity index is 1.51. The first-order valence-electron chi connectivity index (χ1n) is 12.9. The lowest BCUT2D eigenvalue weighted by atomic mass is 9.75. The molecular formula is C31H40O6. The van der Waals surface area contributed by atoms with Crippen LogP contribution in [0.4, 0.5) is 0 Å². The zero-order valence-corrected chi connectivity index (χ0v) is 22.6. The third-order valence-corrected chi connectivity index (χ3v) is 6.65. The Morgan fingerprint density at radius 3 is 2.30 bits per heavy atom. The van der Waals surface area contributed by atoms with Gasteiger partial charge in [0, 0.05) is 19.1 Å². The van der Waals surface area contributed by atoms with Crippen LogP contribution in [0, 0.1) is 5.92 Å². The van der Waals surface area contributed by atoms with Gasteiger partial charge in [-0.1, -0.05) is 35.9 Å². The van der Waals surface area contributed by atoms with Crippen LogP contribution in [0.15, 0.2) is 66.3 Å². The minimum absolute atomic E-state index is 0.114. The van der Waals surface area contributed by atoms with Crippen molar-refractivity contribution in [3.05, 3.63) is 77.4 Å². The quantitative estimate of drug-likeness (QED) is 0.213. The van der Waals surface area contributed by atoms with Gasteiger partial charge in [-0.25, -0.2) is 4.79 Å². The van der Waals surface area contributed by atoms with Gasteiger partial charge in [-0.15, -0.1) is 0 Å². The molecule has 0 amide bonds. The van der Waals surface area contributed by atoms with Crippen LogP contribution in [0.3, 0.4) is 0 Å². The summed E-state index contributed by atoms with van der Waals surface area (Å²) in [5.41, 5.74) is 2.61. The number of rotatable bonds is 11. The number of hydrogen-bond donors (Lipinski definition) is 1. The van der Waals surface area contributed by atoms with Crippen molar-refractivity contribution in [2.45, 2.75) is 71.4 Å². The molecule has 2 aromatic carbocycles. The Morgan fingerprint density at radius 2 is 1.68 bits per heavy atom. The standard InChI is InChI=1S/C31H40O6/c1-22(2)18-19-35-31(3,4)28-20-27(15-16-29(28)32)37-30(33)17-10-23-6-11-25(12-7-23)36-26-13-8-24(9-14-26)21-34-5/h6-14,17-18,27-29,32H,15-16,19-21H2,1-5H3/b17-10+/t27-,28?,29?/m1/s1. The largest absolute Gasteiger partial charge is 0.459 e. The molecule has 0 bridgehead atoms. The monoisotopic (exact) mass is 508 g/mol. The Labute approximate surface area is 220 Å². The molecule has 0 aliphatic heterocycles. The maximum atomic E-state index is 12.5. The first kappa shape index (κ1) is 28.6. The van der Waals surface area contributed by atoms with Crippen molar-refractivity contribution in [3.8, 4) is 11.5 Å². The van der Waals surface area contributed by atoms with Crippen molar-refractivity contribution in [3.63, 3.8) is 0 Å². The molecule has 3 rings (SSSR count). The second-order valence-corrected chi connectivity index (χ2v) is 10.3. The van der Waals surface area contributed by atoms with Crippen molar-refractivity contribution in [2.24, 2.45) is 5.92 Å². The van der Waals surface area contributed by atoms with E-state index in [4.69, 9.17) is 18.9 Å². The number of carbonyl (C=O) groups excluding carboxylic acids is 1. The molecule has 200 valence electrons. The van der Waals surface area contributed by atoms with Crippen LogP contribution in [-0.2, 0) is 25.6 Å². The molecule has 3 atom stereocenters. The number of methoxy groups -OCH3 is 1. The molecule has 1 saturated carbocycles. The molecule has 0 radical (unpaired) electrons. The van der Waals surface area contributed by atoms with Gasteiger partial charge >= 0.3 is 5.97 Å². The number of ether oxygens (including phenoxy) is 4. The molecule has 1 N–H and O–H groups in total. The van der Waals surface area contributed by atoms with Crippen molar-refractivity contribution >= 4 is 12.0 Å². The molecule has 1 aliphatic carbocycles. The molecule has 0 heterocycles. The third kappa shape index (κ3) is 9.15. The highest BCUT2D eigenvalue weighted by Crippen LogP contribution is 2.36.